The Kier molecular flexibility index (Phi) is 6.68. The fraction of sp³-hybridized carbons (Fsp3) is 0.0385. The number of aromatic nitrogens is 2. The molecular formula is C26H19ClFN3O. The van der Waals surface area contributed by atoms with E-state index in [1.54, 1.807) is 48.7 Å². The lowest BCUT2D eigenvalue weighted by Crippen LogP contribution is -2.16. The minimum Gasteiger partial charge on any atom is -0.309 e. The van der Waals surface area contributed by atoms with Crippen LogP contribution in [0.4, 0.5) is 10.2 Å². The van der Waals surface area contributed by atoms with Crippen molar-refractivity contribution in [3.8, 4) is 11.3 Å². The second-order valence-corrected chi connectivity index (χ2v) is 7.53. The first kappa shape index (κ1) is 21.4. The van der Waals surface area contributed by atoms with Gasteiger partial charge in [-0.2, -0.15) is 0 Å². The summed E-state index contributed by atoms with van der Waals surface area (Å²) in [6, 6.07) is 22.9. The fourth-order valence-electron chi connectivity index (χ4n) is 3.08. The molecule has 0 aliphatic rings. The van der Waals surface area contributed by atoms with Crippen molar-refractivity contribution in [1.29, 1.82) is 0 Å². The van der Waals surface area contributed by atoms with Gasteiger partial charge >= 0.3 is 0 Å². The molecule has 32 heavy (non-hydrogen) atoms. The summed E-state index contributed by atoms with van der Waals surface area (Å²) in [5.41, 5.74) is 3.63. The normalized spacial score (nSPS) is 10.9. The number of hydrogen-bond donors (Lipinski definition) is 1. The van der Waals surface area contributed by atoms with E-state index in [4.69, 9.17) is 11.6 Å². The molecule has 1 aromatic heterocycles. The maximum Gasteiger partial charge on any atom is 0.230 e. The molecular weight excluding hydrogens is 425 g/mol. The van der Waals surface area contributed by atoms with Crippen molar-refractivity contribution in [1.82, 2.24) is 9.97 Å². The molecule has 1 heterocycles. The highest BCUT2D eigenvalue weighted by Crippen LogP contribution is 2.22. The summed E-state index contributed by atoms with van der Waals surface area (Å²) in [5, 5.41) is 3.46. The summed E-state index contributed by atoms with van der Waals surface area (Å²) in [7, 11) is 0. The minimum atomic E-state index is -0.322. The lowest BCUT2D eigenvalue weighted by Gasteiger charge is -2.10. The molecule has 0 aliphatic heterocycles. The SMILES string of the molecule is O=C(Cc1ccc(Cl)cc1)Nc1ncc(-c2ccc(F)cc2)nc1C=Cc1ccccc1. The summed E-state index contributed by atoms with van der Waals surface area (Å²) in [4.78, 5) is 21.7. The lowest BCUT2D eigenvalue weighted by molar-refractivity contribution is -0.115. The van der Waals surface area contributed by atoms with Gasteiger partial charge in [0.15, 0.2) is 5.82 Å². The Morgan fingerprint density at radius 2 is 1.66 bits per heavy atom. The van der Waals surface area contributed by atoms with Crippen molar-refractivity contribution in [3.05, 3.63) is 113 Å². The monoisotopic (exact) mass is 443 g/mol. The highest BCUT2D eigenvalue weighted by atomic mass is 35.5. The van der Waals surface area contributed by atoms with E-state index < -0.39 is 0 Å². The van der Waals surface area contributed by atoms with Crippen molar-refractivity contribution in [2.75, 3.05) is 5.32 Å². The van der Waals surface area contributed by atoms with Crippen molar-refractivity contribution in [2.45, 2.75) is 6.42 Å². The summed E-state index contributed by atoms with van der Waals surface area (Å²) < 4.78 is 13.3. The van der Waals surface area contributed by atoms with E-state index >= 15 is 0 Å². The van der Waals surface area contributed by atoms with Gasteiger partial charge in [0.05, 0.1) is 18.3 Å². The van der Waals surface area contributed by atoms with Gasteiger partial charge in [0.25, 0.3) is 0 Å². The van der Waals surface area contributed by atoms with Gasteiger partial charge < -0.3 is 5.32 Å². The zero-order chi connectivity index (χ0) is 22.3. The molecule has 0 unspecified atom stereocenters. The number of rotatable bonds is 6. The van der Waals surface area contributed by atoms with Gasteiger partial charge in [0.2, 0.25) is 5.91 Å². The van der Waals surface area contributed by atoms with Crippen LogP contribution >= 0.6 is 11.6 Å². The largest absolute Gasteiger partial charge is 0.309 e. The Hall–Kier alpha value is -3.83. The predicted octanol–water partition coefficient (Wildman–Crippen LogP) is 6.29. The number of anilines is 1. The number of carbonyl (C=O) groups is 1. The number of benzene rings is 3. The van der Waals surface area contributed by atoms with Crippen LogP contribution in [-0.4, -0.2) is 15.9 Å². The fourth-order valence-corrected chi connectivity index (χ4v) is 3.20. The number of halogens is 2. The Morgan fingerprint density at radius 1 is 0.938 bits per heavy atom. The Morgan fingerprint density at radius 3 is 2.38 bits per heavy atom. The summed E-state index contributed by atoms with van der Waals surface area (Å²) >= 11 is 5.91. The molecule has 0 saturated carbocycles. The van der Waals surface area contributed by atoms with Crippen LogP contribution < -0.4 is 5.32 Å². The molecule has 3 aromatic carbocycles. The molecule has 0 spiro atoms. The molecule has 1 amide bonds. The minimum absolute atomic E-state index is 0.181. The lowest BCUT2D eigenvalue weighted by atomic mass is 10.1. The van der Waals surface area contributed by atoms with Crippen molar-refractivity contribution in [2.24, 2.45) is 0 Å². The topological polar surface area (TPSA) is 54.9 Å². The molecule has 0 aliphatic carbocycles. The molecule has 0 atom stereocenters. The van der Waals surface area contributed by atoms with Crippen LogP contribution in [0.1, 0.15) is 16.8 Å². The first-order valence-electron chi connectivity index (χ1n) is 9.97. The number of nitrogens with one attached hydrogen (secondary N) is 1. The highest BCUT2D eigenvalue weighted by molar-refractivity contribution is 6.30. The number of hydrogen-bond acceptors (Lipinski definition) is 3. The molecule has 0 fully saturated rings. The van der Waals surface area contributed by atoms with Crippen molar-refractivity contribution >= 4 is 35.5 Å². The van der Waals surface area contributed by atoms with Gasteiger partial charge in [-0.1, -0.05) is 60.1 Å². The average molecular weight is 444 g/mol. The van der Waals surface area contributed by atoms with Crippen LogP contribution in [0.5, 0.6) is 0 Å². The summed E-state index contributed by atoms with van der Waals surface area (Å²) in [6.45, 7) is 0. The van der Waals surface area contributed by atoms with Gasteiger partial charge in [-0.15, -0.1) is 0 Å². The predicted molar refractivity (Wildman–Crippen MR) is 127 cm³/mol. The molecule has 4 rings (SSSR count). The van der Waals surface area contributed by atoms with Gasteiger partial charge in [-0.25, -0.2) is 14.4 Å². The van der Waals surface area contributed by atoms with Crippen LogP contribution in [0.2, 0.25) is 5.02 Å². The zero-order valence-electron chi connectivity index (χ0n) is 17.0. The number of amides is 1. The maximum absolute atomic E-state index is 13.3. The van der Waals surface area contributed by atoms with Crippen LogP contribution in [-0.2, 0) is 11.2 Å². The van der Waals surface area contributed by atoms with Crippen LogP contribution in [0.15, 0.2) is 85.1 Å². The van der Waals surface area contributed by atoms with Gasteiger partial charge in [-0.05, 0) is 53.6 Å². The van der Waals surface area contributed by atoms with E-state index in [9.17, 15) is 9.18 Å². The first-order chi connectivity index (χ1) is 15.6. The third-order valence-corrected chi connectivity index (χ3v) is 4.96. The van der Waals surface area contributed by atoms with E-state index in [1.165, 1.54) is 12.1 Å². The second-order valence-electron chi connectivity index (χ2n) is 7.09. The summed E-state index contributed by atoms with van der Waals surface area (Å²) in [6.07, 6.45) is 5.44. The van der Waals surface area contributed by atoms with E-state index in [-0.39, 0.29) is 18.1 Å². The molecule has 1 N–H and O–H groups in total. The van der Waals surface area contributed by atoms with Crippen LogP contribution in [0.3, 0.4) is 0 Å². The standard InChI is InChI=1S/C26H19ClFN3O/c27-21-11-6-19(7-12-21)16-25(32)31-26-23(15-8-18-4-2-1-3-5-18)30-24(17-29-26)20-9-13-22(28)14-10-20/h1-15,17H,16H2,(H,29,31,32). The number of carbonyl (C=O) groups excluding carboxylic acids is 1. The molecule has 0 saturated heterocycles. The molecule has 0 bridgehead atoms. The zero-order valence-corrected chi connectivity index (χ0v) is 17.8. The Balaban J connectivity index is 1.62. The first-order valence-corrected chi connectivity index (χ1v) is 10.3. The molecule has 4 nitrogen and oxygen atoms in total. The molecule has 158 valence electrons. The van der Waals surface area contributed by atoms with Crippen molar-refractivity contribution < 1.29 is 9.18 Å². The second kappa shape index (κ2) is 9.98. The van der Waals surface area contributed by atoms with Gasteiger partial charge in [0.1, 0.15) is 11.5 Å². The van der Waals surface area contributed by atoms with Crippen molar-refractivity contribution in [3.63, 3.8) is 0 Å². The molecule has 4 aromatic rings. The van der Waals surface area contributed by atoms with E-state index in [1.807, 2.05) is 36.4 Å². The van der Waals surface area contributed by atoms with Gasteiger partial charge in [0, 0.05) is 10.6 Å². The Bertz CT molecular complexity index is 1240. The molecule has 0 radical (unpaired) electrons. The third kappa shape index (κ3) is 5.65. The van der Waals surface area contributed by atoms with Gasteiger partial charge in [-0.3, -0.25) is 4.79 Å². The highest BCUT2D eigenvalue weighted by Gasteiger charge is 2.11. The Labute approximate surface area is 190 Å². The number of nitrogens with zero attached hydrogens (tertiary/aromatic N) is 2. The molecule has 6 heteroatoms. The van der Waals surface area contributed by atoms with Crippen LogP contribution in [0.25, 0.3) is 23.4 Å². The average Bonchev–Trinajstić information content (AvgIpc) is 2.81. The van der Waals surface area contributed by atoms with E-state index in [0.717, 1.165) is 16.7 Å². The summed E-state index contributed by atoms with van der Waals surface area (Å²) in [5.74, 6) is -0.190. The van der Waals surface area contributed by atoms with E-state index in [0.29, 0.717) is 22.2 Å². The smallest absolute Gasteiger partial charge is 0.230 e. The van der Waals surface area contributed by atoms with Crippen LogP contribution in [0, 0.1) is 5.82 Å². The quantitative estimate of drug-likeness (QED) is 0.381. The maximum atomic E-state index is 13.3. The van der Waals surface area contributed by atoms with E-state index in [2.05, 4.69) is 15.3 Å². The third-order valence-electron chi connectivity index (χ3n) is 4.71.